The zero-order chi connectivity index (χ0) is 23.6. The Morgan fingerprint density at radius 3 is 2.61 bits per heavy atom. The van der Waals surface area contributed by atoms with Crippen LogP contribution in [0.4, 0.5) is 0 Å². The first-order valence-corrected chi connectivity index (χ1v) is 12.0. The molecule has 2 aromatic carbocycles. The summed E-state index contributed by atoms with van der Waals surface area (Å²) in [5, 5.41) is 21.5. The molecule has 2 N–H and O–H groups in total. The molecular formula is C28H35NO4. The topological polar surface area (TPSA) is 70.0 Å². The van der Waals surface area contributed by atoms with Crippen molar-refractivity contribution in [3.63, 3.8) is 0 Å². The van der Waals surface area contributed by atoms with Crippen LogP contribution in [0.5, 0.6) is 11.5 Å². The average Bonchev–Trinajstić information content (AvgIpc) is 2.82. The summed E-state index contributed by atoms with van der Waals surface area (Å²) in [6, 6.07) is 13.3. The second kappa shape index (κ2) is 9.60. The Kier molecular flexibility index (Phi) is 6.80. The smallest absolute Gasteiger partial charge is 0.247 e. The standard InChI is InChI=1S/C28H35NO4/c1-19(2)21-10-7-20(8-11-21)9-14-26(31)29-17-16-28(32)15-5-4-6-23(28)27(29)22-12-13-24(30)25(18-22)33-3/h7-14,18-19,23,27,30,32H,4-6,15-17H2,1-3H3/b14-9+/t23-,27+,28+/m0/s1. The Morgan fingerprint density at radius 2 is 1.91 bits per heavy atom. The summed E-state index contributed by atoms with van der Waals surface area (Å²) in [5.74, 6) is 0.809. The zero-order valence-electron chi connectivity index (χ0n) is 19.8. The normalized spacial score (nSPS) is 25.3. The molecule has 1 heterocycles. The molecule has 0 unspecified atom stereocenters. The van der Waals surface area contributed by atoms with Gasteiger partial charge in [0, 0.05) is 18.5 Å². The summed E-state index contributed by atoms with van der Waals surface area (Å²) in [5.41, 5.74) is 2.38. The van der Waals surface area contributed by atoms with Crippen LogP contribution in [0.3, 0.4) is 0 Å². The number of likely N-dealkylation sites (tertiary alicyclic amines) is 1. The molecule has 1 saturated carbocycles. The number of amides is 1. The lowest BCUT2D eigenvalue weighted by atomic mass is 9.66. The van der Waals surface area contributed by atoms with Gasteiger partial charge in [0.05, 0.1) is 18.8 Å². The largest absolute Gasteiger partial charge is 0.504 e. The molecule has 33 heavy (non-hydrogen) atoms. The molecule has 1 aliphatic carbocycles. The van der Waals surface area contributed by atoms with Crippen molar-refractivity contribution in [3.05, 3.63) is 65.2 Å². The highest BCUT2D eigenvalue weighted by Gasteiger charge is 2.50. The van der Waals surface area contributed by atoms with E-state index in [4.69, 9.17) is 4.74 Å². The first-order valence-electron chi connectivity index (χ1n) is 12.0. The molecule has 176 valence electrons. The third-order valence-corrected chi connectivity index (χ3v) is 7.42. The third kappa shape index (κ3) is 4.79. The highest BCUT2D eigenvalue weighted by Crippen LogP contribution is 2.50. The molecule has 4 rings (SSSR count). The number of carbonyl (C=O) groups excluding carboxylic acids is 1. The molecule has 1 amide bonds. The summed E-state index contributed by atoms with van der Waals surface area (Å²) < 4.78 is 5.34. The number of methoxy groups -OCH3 is 1. The van der Waals surface area contributed by atoms with Gasteiger partial charge in [-0.1, -0.05) is 57.0 Å². The van der Waals surface area contributed by atoms with Crippen LogP contribution in [0.2, 0.25) is 0 Å². The van der Waals surface area contributed by atoms with Crippen LogP contribution in [-0.2, 0) is 4.79 Å². The van der Waals surface area contributed by atoms with Crippen LogP contribution in [0.25, 0.3) is 6.08 Å². The number of carbonyl (C=O) groups is 1. The number of fused-ring (bicyclic) bond motifs is 1. The highest BCUT2D eigenvalue weighted by atomic mass is 16.5. The minimum Gasteiger partial charge on any atom is -0.504 e. The number of hydrogen-bond donors (Lipinski definition) is 2. The van der Waals surface area contributed by atoms with E-state index < -0.39 is 5.60 Å². The van der Waals surface area contributed by atoms with Crippen molar-refractivity contribution in [3.8, 4) is 11.5 Å². The molecule has 1 aliphatic heterocycles. The van der Waals surface area contributed by atoms with Gasteiger partial charge in [-0.25, -0.2) is 0 Å². The molecule has 0 radical (unpaired) electrons. The number of hydrogen-bond acceptors (Lipinski definition) is 4. The second-order valence-corrected chi connectivity index (χ2v) is 9.77. The number of aromatic hydroxyl groups is 1. The maximum absolute atomic E-state index is 13.4. The van der Waals surface area contributed by atoms with E-state index in [0.29, 0.717) is 24.6 Å². The highest BCUT2D eigenvalue weighted by molar-refractivity contribution is 5.92. The first-order chi connectivity index (χ1) is 15.8. The lowest BCUT2D eigenvalue weighted by molar-refractivity contribution is -0.150. The summed E-state index contributed by atoms with van der Waals surface area (Å²) >= 11 is 0. The third-order valence-electron chi connectivity index (χ3n) is 7.42. The van der Waals surface area contributed by atoms with Crippen molar-refractivity contribution >= 4 is 12.0 Å². The fourth-order valence-electron chi connectivity index (χ4n) is 5.47. The van der Waals surface area contributed by atoms with Crippen molar-refractivity contribution < 1.29 is 19.7 Å². The van der Waals surface area contributed by atoms with E-state index in [1.807, 2.05) is 29.2 Å². The van der Waals surface area contributed by atoms with Crippen LogP contribution in [0, 0.1) is 5.92 Å². The maximum atomic E-state index is 13.4. The Bertz CT molecular complexity index is 1010. The summed E-state index contributed by atoms with van der Waals surface area (Å²) in [4.78, 5) is 15.3. The number of aliphatic hydroxyl groups is 1. The van der Waals surface area contributed by atoms with Crippen LogP contribution < -0.4 is 4.74 Å². The van der Waals surface area contributed by atoms with Gasteiger partial charge in [0.25, 0.3) is 0 Å². The van der Waals surface area contributed by atoms with Crippen LogP contribution in [0.1, 0.15) is 74.6 Å². The predicted molar refractivity (Wildman–Crippen MR) is 130 cm³/mol. The number of benzene rings is 2. The molecule has 2 fully saturated rings. The summed E-state index contributed by atoms with van der Waals surface area (Å²) in [7, 11) is 1.52. The van der Waals surface area contributed by atoms with E-state index in [-0.39, 0.29) is 23.6 Å². The quantitative estimate of drug-likeness (QED) is 0.597. The van der Waals surface area contributed by atoms with Gasteiger partial charge in [0.1, 0.15) is 0 Å². The number of phenols is 1. The first kappa shape index (κ1) is 23.4. The molecule has 2 aliphatic rings. The van der Waals surface area contributed by atoms with Crippen molar-refractivity contribution in [2.45, 2.75) is 63.5 Å². The van der Waals surface area contributed by atoms with Crippen molar-refractivity contribution in [1.29, 1.82) is 0 Å². The monoisotopic (exact) mass is 449 g/mol. The average molecular weight is 450 g/mol. The molecule has 1 saturated heterocycles. The van der Waals surface area contributed by atoms with Gasteiger partial charge >= 0.3 is 0 Å². The fraction of sp³-hybridized carbons (Fsp3) is 0.464. The SMILES string of the molecule is COc1cc([C@@H]2[C@@H]3CCCC[C@@]3(O)CCN2C(=O)/C=C/c2ccc(C(C)C)cc2)ccc1O. The molecule has 5 heteroatoms. The molecule has 5 nitrogen and oxygen atoms in total. The van der Waals surface area contributed by atoms with Crippen molar-refractivity contribution in [2.24, 2.45) is 5.92 Å². The lowest BCUT2D eigenvalue weighted by Gasteiger charge is -2.52. The summed E-state index contributed by atoms with van der Waals surface area (Å²) in [6.07, 6.45) is 7.78. The van der Waals surface area contributed by atoms with Gasteiger partial charge in [-0.2, -0.15) is 0 Å². The van der Waals surface area contributed by atoms with Gasteiger partial charge in [0.15, 0.2) is 11.5 Å². The molecule has 0 aromatic heterocycles. The number of ether oxygens (including phenoxy) is 1. The van der Waals surface area contributed by atoms with E-state index in [0.717, 1.165) is 36.8 Å². The van der Waals surface area contributed by atoms with Gasteiger partial charge in [-0.15, -0.1) is 0 Å². The van der Waals surface area contributed by atoms with Gasteiger partial charge in [0.2, 0.25) is 5.91 Å². The second-order valence-electron chi connectivity index (χ2n) is 9.77. The van der Waals surface area contributed by atoms with E-state index in [1.165, 1.54) is 12.7 Å². The Labute approximate surface area is 196 Å². The minimum atomic E-state index is -0.763. The fourth-order valence-corrected chi connectivity index (χ4v) is 5.47. The summed E-state index contributed by atoms with van der Waals surface area (Å²) in [6.45, 7) is 4.82. The minimum absolute atomic E-state index is 0.0445. The number of piperidine rings is 1. The molecule has 3 atom stereocenters. The van der Waals surface area contributed by atoms with Crippen molar-refractivity contribution in [2.75, 3.05) is 13.7 Å². The van der Waals surface area contributed by atoms with Gasteiger partial charge in [-0.05, 0) is 60.1 Å². The Morgan fingerprint density at radius 1 is 1.15 bits per heavy atom. The van der Waals surface area contributed by atoms with E-state index in [2.05, 4.69) is 26.0 Å². The predicted octanol–water partition coefficient (Wildman–Crippen LogP) is 5.43. The van der Waals surface area contributed by atoms with Gasteiger partial charge in [-0.3, -0.25) is 4.79 Å². The molecule has 0 spiro atoms. The maximum Gasteiger partial charge on any atom is 0.247 e. The zero-order valence-corrected chi connectivity index (χ0v) is 19.8. The van der Waals surface area contributed by atoms with Crippen LogP contribution in [0.15, 0.2) is 48.5 Å². The number of nitrogens with zero attached hydrogens (tertiary/aromatic N) is 1. The molecule has 0 bridgehead atoms. The number of rotatable bonds is 5. The van der Waals surface area contributed by atoms with E-state index in [9.17, 15) is 15.0 Å². The van der Waals surface area contributed by atoms with Gasteiger partial charge < -0.3 is 19.8 Å². The van der Waals surface area contributed by atoms with Crippen LogP contribution in [-0.4, -0.2) is 40.3 Å². The number of phenolic OH excluding ortho intramolecular Hbond substituents is 1. The lowest BCUT2D eigenvalue weighted by Crippen LogP contribution is -2.56. The molecule has 2 aromatic rings. The Balaban J connectivity index is 1.64. The molecular weight excluding hydrogens is 414 g/mol. The van der Waals surface area contributed by atoms with E-state index in [1.54, 1.807) is 18.2 Å². The van der Waals surface area contributed by atoms with Crippen molar-refractivity contribution in [1.82, 2.24) is 4.90 Å². The van der Waals surface area contributed by atoms with Crippen LogP contribution >= 0.6 is 0 Å². The Hall–Kier alpha value is -2.79. The van der Waals surface area contributed by atoms with E-state index >= 15 is 0 Å².